The summed E-state index contributed by atoms with van der Waals surface area (Å²) in [7, 11) is 0. The highest BCUT2D eigenvalue weighted by molar-refractivity contribution is 5.49. The Morgan fingerprint density at radius 3 is 2.30 bits per heavy atom. The summed E-state index contributed by atoms with van der Waals surface area (Å²) in [6.07, 6.45) is 12.8. The average molecular weight is 459 g/mol. The third-order valence-electron chi connectivity index (χ3n) is 9.47. The fourth-order valence-corrected chi connectivity index (χ4v) is 7.46. The largest absolute Gasteiger partial charge is 0.393 e. The molecule has 0 radical (unpaired) electrons. The quantitative estimate of drug-likeness (QED) is 0.337. The van der Waals surface area contributed by atoms with Gasteiger partial charge in [-0.15, -0.1) is 0 Å². The molecule has 1 saturated carbocycles. The highest BCUT2D eigenvalue weighted by atomic mass is 16.5. The number of ether oxygens (including phenoxy) is 1. The number of hydrogen-bond donors (Lipinski definition) is 1. The molecule has 0 bridgehead atoms. The van der Waals surface area contributed by atoms with Crippen LogP contribution in [-0.4, -0.2) is 24.4 Å². The fourth-order valence-electron chi connectivity index (χ4n) is 7.46. The minimum atomic E-state index is -0.149. The van der Waals surface area contributed by atoms with Crippen LogP contribution in [0.25, 0.3) is 0 Å². The van der Waals surface area contributed by atoms with E-state index in [9.17, 15) is 5.11 Å². The Balaban J connectivity index is 0.000000914. The van der Waals surface area contributed by atoms with Gasteiger partial charge in [0.15, 0.2) is 0 Å². The van der Waals surface area contributed by atoms with E-state index in [1.165, 1.54) is 37.7 Å². The van der Waals surface area contributed by atoms with E-state index in [-0.39, 0.29) is 22.3 Å². The van der Waals surface area contributed by atoms with Gasteiger partial charge in [-0.25, -0.2) is 0 Å². The van der Waals surface area contributed by atoms with E-state index in [0.717, 1.165) is 26.1 Å². The summed E-state index contributed by atoms with van der Waals surface area (Å²) in [5, 5.41) is 10.7. The summed E-state index contributed by atoms with van der Waals surface area (Å²) < 4.78 is 6.07. The number of fused-ring (bicyclic) bond motifs is 4. The Kier molecular flexibility index (Phi) is 9.68. The third-order valence-corrected chi connectivity index (χ3v) is 9.47. The van der Waals surface area contributed by atoms with Crippen molar-refractivity contribution >= 4 is 0 Å². The summed E-state index contributed by atoms with van der Waals surface area (Å²) in [6.45, 7) is 23.6. The molecule has 1 fully saturated rings. The molecule has 0 spiro atoms. The van der Waals surface area contributed by atoms with Gasteiger partial charge in [-0.05, 0) is 98.0 Å². The lowest BCUT2D eigenvalue weighted by atomic mass is 9.46. The van der Waals surface area contributed by atoms with Crippen molar-refractivity contribution in [2.75, 3.05) is 13.2 Å². The molecule has 5 atom stereocenters. The van der Waals surface area contributed by atoms with Gasteiger partial charge >= 0.3 is 0 Å². The molecule has 33 heavy (non-hydrogen) atoms. The first kappa shape index (κ1) is 28.4. The molecule has 0 aliphatic heterocycles. The summed E-state index contributed by atoms with van der Waals surface area (Å²) >= 11 is 0. The molecule has 4 aliphatic rings. The highest BCUT2D eigenvalue weighted by Crippen LogP contribution is 2.65. The second-order valence-corrected chi connectivity index (χ2v) is 11.6. The van der Waals surface area contributed by atoms with Crippen molar-refractivity contribution in [3.63, 3.8) is 0 Å². The zero-order valence-electron chi connectivity index (χ0n) is 23.6. The summed E-state index contributed by atoms with van der Waals surface area (Å²) in [6, 6.07) is 0. The lowest BCUT2D eigenvalue weighted by Gasteiger charge is -2.59. The molecular weight excluding hydrogens is 404 g/mol. The molecule has 0 heterocycles. The van der Waals surface area contributed by atoms with Gasteiger partial charge < -0.3 is 9.84 Å². The van der Waals surface area contributed by atoms with Crippen molar-refractivity contribution in [2.24, 2.45) is 28.1 Å². The molecule has 0 aromatic heterocycles. The Morgan fingerprint density at radius 1 is 1.00 bits per heavy atom. The number of allylic oxidation sites excluding steroid dienone is 5. The first-order chi connectivity index (χ1) is 15.6. The maximum absolute atomic E-state index is 10.7. The van der Waals surface area contributed by atoms with Crippen LogP contribution in [0.1, 0.15) is 114 Å². The summed E-state index contributed by atoms with van der Waals surface area (Å²) in [4.78, 5) is 0. The molecule has 0 amide bonds. The van der Waals surface area contributed by atoms with Crippen molar-refractivity contribution < 1.29 is 9.84 Å². The maximum Gasteiger partial charge on any atom is 0.0650 e. The van der Waals surface area contributed by atoms with Gasteiger partial charge in [0.1, 0.15) is 0 Å². The van der Waals surface area contributed by atoms with Gasteiger partial charge in [-0.3, -0.25) is 0 Å². The topological polar surface area (TPSA) is 29.5 Å². The summed E-state index contributed by atoms with van der Waals surface area (Å²) in [5.41, 5.74) is 7.04. The first-order valence-electron chi connectivity index (χ1n) is 13.9. The van der Waals surface area contributed by atoms with E-state index < -0.39 is 0 Å². The van der Waals surface area contributed by atoms with Crippen LogP contribution in [0.15, 0.2) is 34.4 Å². The van der Waals surface area contributed by atoms with E-state index in [2.05, 4.69) is 53.7 Å². The zero-order valence-corrected chi connectivity index (χ0v) is 23.6. The smallest absolute Gasteiger partial charge is 0.0650 e. The van der Waals surface area contributed by atoms with E-state index in [1.807, 2.05) is 27.7 Å². The summed E-state index contributed by atoms with van der Waals surface area (Å²) in [5.74, 6) is 1.22. The molecule has 2 nitrogen and oxygen atoms in total. The van der Waals surface area contributed by atoms with Gasteiger partial charge in [-0.1, -0.05) is 78.7 Å². The number of rotatable bonds is 4. The van der Waals surface area contributed by atoms with Gasteiger partial charge in [0, 0.05) is 0 Å². The molecule has 4 aliphatic carbocycles. The Labute approximate surface area is 206 Å². The first-order valence-corrected chi connectivity index (χ1v) is 13.9. The third kappa shape index (κ3) is 5.08. The zero-order chi connectivity index (χ0) is 25.0. The molecule has 0 aromatic rings. The van der Waals surface area contributed by atoms with Crippen LogP contribution in [0, 0.1) is 28.1 Å². The highest BCUT2D eigenvalue weighted by Gasteiger charge is 2.57. The van der Waals surface area contributed by atoms with Crippen LogP contribution in [0.4, 0.5) is 0 Å². The van der Waals surface area contributed by atoms with E-state index in [1.54, 1.807) is 16.7 Å². The second-order valence-electron chi connectivity index (χ2n) is 11.6. The molecule has 4 rings (SSSR count). The molecule has 0 aromatic carbocycles. The van der Waals surface area contributed by atoms with Crippen LogP contribution < -0.4 is 0 Å². The lowest BCUT2D eigenvalue weighted by molar-refractivity contribution is -0.0905. The van der Waals surface area contributed by atoms with Crippen molar-refractivity contribution in [1.82, 2.24) is 0 Å². The van der Waals surface area contributed by atoms with Gasteiger partial charge in [0.05, 0.1) is 19.3 Å². The standard InChI is InChI=1S/C27H42O2.2C2H6/c1-18(2)13-16-29-17-19-7-9-21-20-8-10-23-25(3,4)24(28)12-15-27(23,6)22(20)11-14-26(19,21)5;2*1-2/h9,13,19,23-24,28H,7-8,10-12,14-17H2,1-6H3;2*1-2H3. The minimum Gasteiger partial charge on any atom is -0.393 e. The molecule has 0 saturated heterocycles. The van der Waals surface area contributed by atoms with Crippen LogP contribution in [0.2, 0.25) is 0 Å². The fraction of sp³-hybridized carbons (Fsp3) is 0.806. The van der Waals surface area contributed by atoms with Crippen LogP contribution >= 0.6 is 0 Å². The van der Waals surface area contributed by atoms with E-state index in [0.29, 0.717) is 11.8 Å². The Bertz CT molecular complexity index is 751. The monoisotopic (exact) mass is 458 g/mol. The Morgan fingerprint density at radius 2 is 1.67 bits per heavy atom. The molecule has 1 N–H and O–H groups in total. The molecular formula is C31H54O2. The average Bonchev–Trinajstić information content (AvgIpc) is 3.13. The normalized spacial score (nSPS) is 36.1. The van der Waals surface area contributed by atoms with Crippen LogP contribution in [0.5, 0.6) is 0 Å². The second kappa shape index (κ2) is 11.3. The van der Waals surface area contributed by atoms with Crippen molar-refractivity contribution in [3.05, 3.63) is 34.4 Å². The van der Waals surface area contributed by atoms with Crippen molar-refractivity contribution in [1.29, 1.82) is 0 Å². The molecule has 2 heteroatoms. The van der Waals surface area contributed by atoms with Crippen LogP contribution in [0.3, 0.4) is 0 Å². The minimum absolute atomic E-state index is 0.0254. The predicted molar refractivity (Wildman–Crippen MR) is 143 cm³/mol. The lowest BCUT2D eigenvalue weighted by Crippen LogP contribution is -2.53. The van der Waals surface area contributed by atoms with Gasteiger partial charge in [0.2, 0.25) is 0 Å². The van der Waals surface area contributed by atoms with E-state index >= 15 is 0 Å². The molecule has 5 unspecified atom stereocenters. The number of aliphatic hydroxyl groups is 1. The van der Waals surface area contributed by atoms with Crippen molar-refractivity contribution in [2.45, 2.75) is 120 Å². The van der Waals surface area contributed by atoms with Gasteiger partial charge in [-0.2, -0.15) is 0 Å². The predicted octanol–water partition coefficient (Wildman–Crippen LogP) is 8.66. The maximum atomic E-state index is 10.7. The molecule has 190 valence electrons. The van der Waals surface area contributed by atoms with Gasteiger partial charge in [0.25, 0.3) is 0 Å². The SMILES string of the molecule is CC.CC.CC(C)=CCOCC1CC=C2C3=C(CCC21C)C1(C)CCC(O)C(C)(C)C1CC3. The number of hydrogen-bond acceptors (Lipinski definition) is 2. The van der Waals surface area contributed by atoms with Crippen molar-refractivity contribution in [3.8, 4) is 0 Å². The van der Waals surface area contributed by atoms with E-state index in [4.69, 9.17) is 4.74 Å². The number of aliphatic hydroxyl groups excluding tert-OH is 1. The Hall–Kier alpha value is -0.860. The van der Waals surface area contributed by atoms with Crippen LogP contribution in [-0.2, 0) is 4.74 Å².